The Kier molecular flexibility index (Phi) is 4.50. The van der Waals surface area contributed by atoms with Crippen LogP contribution in [0.4, 0.5) is 11.5 Å². The van der Waals surface area contributed by atoms with E-state index in [1.165, 1.54) is 0 Å². The molecule has 8 nitrogen and oxygen atoms in total. The number of piperazine rings is 1. The summed E-state index contributed by atoms with van der Waals surface area (Å²) in [5.74, 6) is 0.944. The molecule has 2 saturated heterocycles. The van der Waals surface area contributed by atoms with Gasteiger partial charge in [-0.3, -0.25) is 14.7 Å². The Labute approximate surface area is 183 Å². The van der Waals surface area contributed by atoms with Crippen LogP contribution in [-0.2, 0) is 4.79 Å². The van der Waals surface area contributed by atoms with Gasteiger partial charge in [0.15, 0.2) is 5.82 Å². The zero-order valence-electron chi connectivity index (χ0n) is 16.8. The number of anilines is 2. The summed E-state index contributed by atoms with van der Waals surface area (Å²) in [6.07, 6.45) is 5.61. The van der Waals surface area contributed by atoms with E-state index in [2.05, 4.69) is 35.1 Å². The van der Waals surface area contributed by atoms with E-state index < -0.39 is 0 Å². The highest BCUT2D eigenvalue weighted by Gasteiger charge is 2.41. The summed E-state index contributed by atoms with van der Waals surface area (Å²) in [6.45, 7) is 2.07. The van der Waals surface area contributed by atoms with Gasteiger partial charge in [-0.1, -0.05) is 6.07 Å². The Morgan fingerprint density at radius 1 is 1.06 bits per heavy atom. The number of carbonyl (C=O) groups excluding carboxylic acids is 1. The third kappa shape index (κ3) is 3.30. The van der Waals surface area contributed by atoms with E-state index in [1.807, 2.05) is 35.8 Å². The molecule has 0 radical (unpaired) electrons. The van der Waals surface area contributed by atoms with Crippen LogP contribution in [0.3, 0.4) is 0 Å². The molecular weight excluding hydrogens is 410 g/mol. The molecule has 2 bridgehead atoms. The Balaban J connectivity index is 1.17. The Morgan fingerprint density at radius 3 is 2.81 bits per heavy atom. The van der Waals surface area contributed by atoms with E-state index in [0.717, 1.165) is 58.7 Å². The number of likely N-dealkylation sites (tertiary alicyclic amines) is 1. The summed E-state index contributed by atoms with van der Waals surface area (Å²) in [6, 6.07) is 10.4. The molecule has 0 aliphatic carbocycles. The first kappa shape index (κ1) is 18.6. The average Bonchev–Trinajstić information content (AvgIpc) is 3.36. The molecule has 2 atom stereocenters. The number of thiazole rings is 1. The second kappa shape index (κ2) is 7.51. The molecule has 2 aliphatic rings. The number of amides is 1. The summed E-state index contributed by atoms with van der Waals surface area (Å²) >= 11 is 1.54. The van der Waals surface area contributed by atoms with Crippen LogP contribution < -0.4 is 10.2 Å². The van der Waals surface area contributed by atoms with Crippen LogP contribution in [0.2, 0.25) is 0 Å². The van der Waals surface area contributed by atoms with Crippen molar-refractivity contribution in [2.75, 3.05) is 29.9 Å². The van der Waals surface area contributed by atoms with Gasteiger partial charge in [0.25, 0.3) is 0 Å². The molecule has 2 fully saturated rings. The van der Waals surface area contributed by atoms with E-state index in [-0.39, 0.29) is 5.91 Å². The van der Waals surface area contributed by atoms with Crippen LogP contribution in [0.15, 0.2) is 48.4 Å². The van der Waals surface area contributed by atoms with Crippen molar-refractivity contribution in [1.29, 1.82) is 0 Å². The summed E-state index contributed by atoms with van der Waals surface area (Å²) in [5, 5.41) is 4.04. The Morgan fingerprint density at radius 2 is 1.94 bits per heavy atom. The monoisotopic (exact) mass is 431 g/mol. The van der Waals surface area contributed by atoms with E-state index >= 15 is 0 Å². The Hall–Kier alpha value is -3.17. The predicted molar refractivity (Wildman–Crippen MR) is 121 cm³/mol. The number of benzene rings is 1. The maximum Gasteiger partial charge on any atom is 0.238 e. The highest BCUT2D eigenvalue weighted by molar-refractivity contribution is 7.16. The second-order valence-electron chi connectivity index (χ2n) is 8.11. The minimum atomic E-state index is 0.00753. The number of pyridine rings is 1. The minimum Gasteiger partial charge on any atom is -0.346 e. The molecule has 2 aliphatic heterocycles. The van der Waals surface area contributed by atoms with Gasteiger partial charge in [0, 0.05) is 36.8 Å². The quantitative estimate of drug-likeness (QED) is 0.532. The molecule has 1 N–H and O–H groups in total. The topological polar surface area (TPSA) is 87.1 Å². The van der Waals surface area contributed by atoms with Crippen LogP contribution in [0.1, 0.15) is 12.8 Å². The maximum atomic E-state index is 12.8. The van der Waals surface area contributed by atoms with Crippen LogP contribution in [0.25, 0.3) is 21.3 Å². The summed E-state index contributed by atoms with van der Waals surface area (Å²) < 4.78 is 0. The van der Waals surface area contributed by atoms with Crippen molar-refractivity contribution in [3.8, 4) is 0 Å². The van der Waals surface area contributed by atoms with Crippen molar-refractivity contribution < 1.29 is 4.79 Å². The predicted octanol–water partition coefficient (Wildman–Crippen LogP) is 2.93. The van der Waals surface area contributed by atoms with Crippen molar-refractivity contribution in [3.63, 3.8) is 0 Å². The molecular formula is C22H21N7OS. The lowest BCUT2D eigenvalue weighted by atomic mass is 10.1. The van der Waals surface area contributed by atoms with Crippen molar-refractivity contribution in [2.24, 2.45) is 0 Å². The molecule has 4 aromatic rings. The zero-order chi connectivity index (χ0) is 20.8. The molecule has 5 heterocycles. The van der Waals surface area contributed by atoms with Crippen molar-refractivity contribution in [1.82, 2.24) is 24.8 Å². The molecule has 31 heavy (non-hydrogen) atoms. The SMILES string of the molecule is O=C(CN1CC2CCC(C1)N2c1ncnc2scnc12)Nc1cccc2ncccc12. The van der Waals surface area contributed by atoms with E-state index in [9.17, 15) is 4.79 Å². The highest BCUT2D eigenvalue weighted by Crippen LogP contribution is 2.36. The standard InChI is InChI=1S/C22H21N7OS/c30-19(27-18-5-1-4-17-16(18)3-2-8-23-17)11-28-9-14-6-7-15(10-28)29(14)21-20-22(25-12-24-21)31-13-26-20/h1-5,8,12-15H,6-7,9-11H2,(H,27,30). The first-order valence-corrected chi connectivity index (χ1v) is 11.3. The van der Waals surface area contributed by atoms with Crippen molar-refractivity contribution in [2.45, 2.75) is 24.9 Å². The zero-order valence-corrected chi connectivity index (χ0v) is 17.6. The molecule has 0 saturated carbocycles. The van der Waals surface area contributed by atoms with Crippen molar-refractivity contribution in [3.05, 3.63) is 48.4 Å². The molecule has 2 unspecified atom stereocenters. The van der Waals surface area contributed by atoms with Gasteiger partial charge in [-0.15, -0.1) is 11.3 Å². The number of carbonyl (C=O) groups is 1. The highest BCUT2D eigenvalue weighted by atomic mass is 32.1. The second-order valence-corrected chi connectivity index (χ2v) is 8.95. The fourth-order valence-electron chi connectivity index (χ4n) is 4.94. The summed E-state index contributed by atoms with van der Waals surface area (Å²) in [7, 11) is 0. The van der Waals surface area contributed by atoms with Gasteiger partial charge in [0.2, 0.25) is 5.91 Å². The van der Waals surface area contributed by atoms with Gasteiger partial charge in [-0.25, -0.2) is 15.0 Å². The first-order chi connectivity index (χ1) is 15.3. The first-order valence-electron chi connectivity index (χ1n) is 10.4. The van der Waals surface area contributed by atoms with E-state index in [0.29, 0.717) is 18.6 Å². The smallest absolute Gasteiger partial charge is 0.238 e. The van der Waals surface area contributed by atoms with Crippen LogP contribution in [-0.4, -0.2) is 62.5 Å². The van der Waals surface area contributed by atoms with Gasteiger partial charge in [0.05, 0.1) is 23.3 Å². The number of nitrogens with zero attached hydrogens (tertiary/aromatic N) is 6. The molecule has 9 heteroatoms. The van der Waals surface area contributed by atoms with E-state index in [4.69, 9.17) is 0 Å². The number of aromatic nitrogens is 4. The molecule has 156 valence electrons. The van der Waals surface area contributed by atoms with Gasteiger partial charge in [0.1, 0.15) is 16.7 Å². The van der Waals surface area contributed by atoms with Gasteiger partial charge in [-0.05, 0) is 37.1 Å². The number of hydrogen-bond donors (Lipinski definition) is 1. The number of fused-ring (bicyclic) bond motifs is 4. The third-order valence-electron chi connectivity index (χ3n) is 6.20. The molecule has 0 spiro atoms. The summed E-state index contributed by atoms with van der Waals surface area (Å²) in [4.78, 5) is 36.2. The fraction of sp³-hybridized carbons (Fsp3) is 0.318. The largest absolute Gasteiger partial charge is 0.346 e. The van der Waals surface area contributed by atoms with Gasteiger partial charge < -0.3 is 10.2 Å². The van der Waals surface area contributed by atoms with Gasteiger partial charge >= 0.3 is 0 Å². The molecule has 3 aromatic heterocycles. The average molecular weight is 432 g/mol. The maximum absolute atomic E-state index is 12.8. The minimum absolute atomic E-state index is 0.00753. The van der Waals surface area contributed by atoms with Crippen molar-refractivity contribution >= 4 is 50.0 Å². The number of nitrogens with one attached hydrogen (secondary N) is 1. The van der Waals surface area contributed by atoms with E-state index in [1.54, 1.807) is 23.9 Å². The summed E-state index contributed by atoms with van der Waals surface area (Å²) in [5.41, 5.74) is 4.41. The van der Waals surface area contributed by atoms with Crippen LogP contribution >= 0.6 is 11.3 Å². The lowest BCUT2D eigenvalue weighted by Gasteiger charge is -2.41. The number of hydrogen-bond acceptors (Lipinski definition) is 8. The van der Waals surface area contributed by atoms with Crippen LogP contribution in [0, 0.1) is 0 Å². The normalized spacial score (nSPS) is 21.1. The Bertz CT molecular complexity index is 1260. The van der Waals surface area contributed by atoms with Gasteiger partial charge in [-0.2, -0.15) is 0 Å². The third-order valence-corrected chi connectivity index (χ3v) is 6.94. The fourth-order valence-corrected chi connectivity index (χ4v) is 5.56. The molecule has 6 rings (SSSR count). The number of rotatable bonds is 4. The van der Waals surface area contributed by atoms with Crippen LogP contribution in [0.5, 0.6) is 0 Å². The lowest BCUT2D eigenvalue weighted by molar-refractivity contribution is -0.117. The molecule has 1 aromatic carbocycles. The molecule has 1 amide bonds. The lowest BCUT2D eigenvalue weighted by Crippen LogP contribution is -2.55.